The predicted octanol–water partition coefficient (Wildman–Crippen LogP) is 2.61. The van der Waals surface area contributed by atoms with Gasteiger partial charge in [0, 0.05) is 12.1 Å². The highest BCUT2D eigenvalue weighted by Gasteiger charge is 2.24. The number of hydrogen-bond donors (Lipinski definition) is 3. The van der Waals surface area contributed by atoms with Crippen LogP contribution in [0.3, 0.4) is 0 Å². The number of hydrogen-bond acceptors (Lipinski definition) is 9. The molecule has 148 valence electrons. The molecule has 28 heavy (non-hydrogen) atoms. The summed E-state index contributed by atoms with van der Waals surface area (Å²) in [6.07, 6.45) is 0. The Balaban J connectivity index is 2.35. The molecule has 3 N–H and O–H groups in total. The maximum atomic E-state index is 12.6. The van der Waals surface area contributed by atoms with Gasteiger partial charge in [0.1, 0.15) is 16.7 Å². The van der Waals surface area contributed by atoms with Gasteiger partial charge in [-0.15, -0.1) is 0 Å². The summed E-state index contributed by atoms with van der Waals surface area (Å²) in [6, 6.07) is 3.60. The van der Waals surface area contributed by atoms with Crippen molar-refractivity contribution in [2.75, 3.05) is 28.4 Å². The molecule has 9 heteroatoms. The zero-order valence-corrected chi connectivity index (χ0v) is 15.5. The molecule has 0 fully saturated rings. The van der Waals surface area contributed by atoms with E-state index in [9.17, 15) is 20.1 Å². The quantitative estimate of drug-likeness (QED) is 0.563. The minimum absolute atomic E-state index is 0.00803. The maximum Gasteiger partial charge on any atom is 0.207 e. The van der Waals surface area contributed by atoms with E-state index in [1.807, 2.05) is 0 Å². The first-order valence-corrected chi connectivity index (χ1v) is 7.96. The third kappa shape index (κ3) is 2.77. The van der Waals surface area contributed by atoms with E-state index in [0.717, 1.165) is 6.07 Å². The Labute approximate surface area is 158 Å². The number of ether oxygens (including phenoxy) is 4. The Bertz CT molecular complexity index is 1120. The van der Waals surface area contributed by atoms with Gasteiger partial charge >= 0.3 is 0 Å². The van der Waals surface area contributed by atoms with Gasteiger partial charge in [-0.05, 0) is 6.07 Å². The fraction of sp³-hybridized carbons (Fsp3) is 0.211. The Kier molecular flexibility index (Phi) is 4.83. The van der Waals surface area contributed by atoms with Crippen molar-refractivity contribution >= 4 is 11.0 Å². The van der Waals surface area contributed by atoms with Crippen molar-refractivity contribution in [1.82, 2.24) is 0 Å². The smallest absolute Gasteiger partial charge is 0.207 e. The summed E-state index contributed by atoms with van der Waals surface area (Å²) in [5.74, 6) is -1.30. The van der Waals surface area contributed by atoms with Crippen LogP contribution in [-0.2, 0) is 0 Å². The minimum atomic E-state index is -0.594. The second-order valence-corrected chi connectivity index (χ2v) is 5.67. The van der Waals surface area contributed by atoms with Crippen LogP contribution in [0.4, 0.5) is 0 Å². The molecule has 0 atom stereocenters. The van der Waals surface area contributed by atoms with Gasteiger partial charge in [0.2, 0.25) is 17.2 Å². The molecule has 0 unspecified atom stereocenters. The van der Waals surface area contributed by atoms with Crippen molar-refractivity contribution in [2.24, 2.45) is 0 Å². The normalized spacial score (nSPS) is 10.7. The molecule has 0 radical (unpaired) electrons. The third-order valence-electron chi connectivity index (χ3n) is 4.20. The Morgan fingerprint density at radius 1 is 0.786 bits per heavy atom. The summed E-state index contributed by atoms with van der Waals surface area (Å²) < 4.78 is 26.0. The number of rotatable bonds is 5. The average molecular weight is 390 g/mol. The molecule has 0 aliphatic rings. The fourth-order valence-electron chi connectivity index (χ4n) is 2.93. The van der Waals surface area contributed by atoms with Gasteiger partial charge in [-0.3, -0.25) is 4.79 Å². The van der Waals surface area contributed by atoms with E-state index in [1.54, 1.807) is 0 Å². The van der Waals surface area contributed by atoms with Crippen LogP contribution in [0.1, 0.15) is 0 Å². The topological polar surface area (TPSA) is 128 Å². The van der Waals surface area contributed by atoms with Crippen molar-refractivity contribution < 1.29 is 38.7 Å². The highest BCUT2D eigenvalue weighted by atomic mass is 16.5. The first kappa shape index (κ1) is 19.0. The number of phenolic OH excluding ortho intramolecular Hbond substituents is 3. The molecule has 2 aromatic carbocycles. The molecule has 0 amide bonds. The lowest BCUT2D eigenvalue weighted by molar-refractivity contribution is 0.317. The first-order chi connectivity index (χ1) is 13.4. The molecular formula is C19H18O9. The van der Waals surface area contributed by atoms with E-state index >= 15 is 0 Å². The molecule has 0 saturated heterocycles. The number of fused-ring (bicyclic) bond motifs is 1. The van der Waals surface area contributed by atoms with Gasteiger partial charge < -0.3 is 38.7 Å². The standard InChI is InChI=1S/C19H18O9/c1-24-13-7-12-14(16(23)18(13)26-3)9(20)6-11(28-12)8-5-10(21)17(25-2)19(27-4)15(8)22/h5-7,21-23H,1-4H3. The second-order valence-electron chi connectivity index (χ2n) is 5.67. The summed E-state index contributed by atoms with van der Waals surface area (Å²) in [5, 5.41) is 30.9. The van der Waals surface area contributed by atoms with Gasteiger partial charge in [0.05, 0.1) is 34.0 Å². The van der Waals surface area contributed by atoms with Crippen LogP contribution in [0.5, 0.6) is 40.2 Å². The minimum Gasteiger partial charge on any atom is -0.504 e. The Morgan fingerprint density at radius 3 is 2.00 bits per heavy atom. The SMILES string of the molecule is COc1cc2oc(-c3cc(O)c(OC)c(OC)c3O)cc(=O)c2c(O)c1OC. The predicted molar refractivity (Wildman–Crippen MR) is 99.1 cm³/mol. The molecule has 0 bridgehead atoms. The van der Waals surface area contributed by atoms with Crippen LogP contribution < -0.4 is 24.4 Å². The lowest BCUT2D eigenvalue weighted by Crippen LogP contribution is -2.03. The van der Waals surface area contributed by atoms with E-state index in [2.05, 4.69) is 0 Å². The van der Waals surface area contributed by atoms with E-state index in [-0.39, 0.29) is 51.0 Å². The summed E-state index contributed by atoms with van der Waals surface area (Å²) in [4.78, 5) is 12.6. The second kappa shape index (κ2) is 7.10. The monoisotopic (exact) mass is 390 g/mol. The number of benzene rings is 2. The zero-order chi connectivity index (χ0) is 20.6. The van der Waals surface area contributed by atoms with E-state index in [1.165, 1.54) is 40.6 Å². The molecule has 1 aromatic heterocycles. The molecule has 3 rings (SSSR count). The van der Waals surface area contributed by atoms with Crippen molar-refractivity contribution in [2.45, 2.75) is 0 Å². The number of aromatic hydroxyl groups is 3. The Hall–Kier alpha value is -3.75. The van der Waals surface area contributed by atoms with E-state index < -0.39 is 16.9 Å². The van der Waals surface area contributed by atoms with Gasteiger partial charge in [0.25, 0.3) is 0 Å². The molecule has 0 saturated carbocycles. The highest BCUT2D eigenvalue weighted by Crippen LogP contribution is 2.49. The van der Waals surface area contributed by atoms with Crippen LogP contribution in [0.25, 0.3) is 22.3 Å². The van der Waals surface area contributed by atoms with Crippen LogP contribution in [0.15, 0.2) is 27.4 Å². The molecular weight excluding hydrogens is 372 g/mol. The van der Waals surface area contributed by atoms with Crippen molar-refractivity contribution in [1.29, 1.82) is 0 Å². The summed E-state index contributed by atoms with van der Waals surface area (Å²) in [6.45, 7) is 0. The van der Waals surface area contributed by atoms with Crippen LogP contribution >= 0.6 is 0 Å². The number of methoxy groups -OCH3 is 4. The molecule has 1 heterocycles. The molecule has 3 aromatic rings. The van der Waals surface area contributed by atoms with E-state index in [0.29, 0.717) is 0 Å². The van der Waals surface area contributed by atoms with E-state index in [4.69, 9.17) is 23.4 Å². The fourth-order valence-corrected chi connectivity index (χ4v) is 2.93. The molecule has 0 spiro atoms. The van der Waals surface area contributed by atoms with Crippen LogP contribution in [0, 0.1) is 0 Å². The molecule has 0 aliphatic carbocycles. The van der Waals surface area contributed by atoms with Gasteiger partial charge in [-0.25, -0.2) is 0 Å². The third-order valence-corrected chi connectivity index (χ3v) is 4.20. The van der Waals surface area contributed by atoms with Gasteiger partial charge in [-0.2, -0.15) is 0 Å². The lowest BCUT2D eigenvalue weighted by atomic mass is 10.1. The Morgan fingerprint density at radius 2 is 1.43 bits per heavy atom. The first-order valence-electron chi connectivity index (χ1n) is 7.96. The summed E-state index contributed by atoms with van der Waals surface area (Å²) >= 11 is 0. The molecule has 0 aliphatic heterocycles. The van der Waals surface area contributed by atoms with Crippen molar-refractivity contribution in [3.05, 3.63) is 28.4 Å². The van der Waals surface area contributed by atoms with Crippen LogP contribution in [-0.4, -0.2) is 43.8 Å². The maximum absolute atomic E-state index is 12.6. The summed E-state index contributed by atoms with van der Waals surface area (Å²) in [5.41, 5.74) is -0.613. The summed E-state index contributed by atoms with van der Waals surface area (Å²) in [7, 11) is 5.27. The average Bonchev–Trinajstić information content (AvgIpc) is 2.68. The van der Waals surface area contributed by atoms with Crippen molar-refractivity contribution in [3.63, 3.8) is 0 Å². The van der Waals surface area contributed by atoms with Gasteiger partial charge in [-0.1, -0.05) is 0 Å². The zero-order valence-electron chi connectivity index (χ0n) is 15.5. The van der Waals surface area contributed by atoms with Crippen LogP contribution in [0.2, 0.25) is 0 Å². The number of phenols is 3. The van der Waals surface area contributed by atoms with Gasteiger partial charge in [0.15, 0.2) is 28.4 Å². The largest absolute Gasteiger partial charge is 0.504 e. The van der Waals surface area contributed by atoms with Crippen molar-refractivity contribution in [3.8, 4) is 51.6 Å². The lowest BCUT2D eigenvalue weighted by Gasteiger charge is -2.15. The highest BCUT2D eigenvalue weighted by molar-refractivity contribution is 5.90. The molecule has 9 nitrogen and oxygen atoms in total.